The minimum Gasteiger partial charge on any atom is -0.453 e. The van der Waals surface area contributed by atoms with E-state index in [0.717, 1.165) is 37.9 Å². The lowest BCUT2D eigenvalue weighted by Crippen LogP contribution is -2.51. The molecule has 0 spiro atoms. The summed E-state index contributed by atoms with van der Waals surface area (Å²) < 4.78 is 49.9. The van der Waals surface area contributed by atoms with Crippen LogP contribution in [0, 0.1) is 5.92 Å². The molecule has 0 bridgehead atoms. The second-order valence-electron chi connectivity index (χ2n) is 13.7. The number of nitrogens with zero attached hydrogens (tertiary/aromatic N) is 4. The second kappa shape index (κ2) is 16.2. The van der Waals surface area contributed by atoms with Gasteiger partial charge in [0.2, 0.25) is 5.91 Å². The van der Waals surface area contributed by atoms with Crippen LogP contribution in [0.2, 0.25) is 0 Å². The van der Waals surface area contributed by atoms with Crippen LogP contribution in [-0.2, 0) is 9.53 Å². The third-order valence-electron chi connectivity index (χ3n) is 9.62. The van der Waals surface area contributed by atoms with E-state index in [9.17, 15) is 27.6 Å². The van der Waals surface area contributed by atoms with Crippen LogP contribution in [0.5, 0.6) is 5.75 Å². The molecule has 2 aromatic heterocycles. The number of ether oxygens (including phenoxy) is 2. The van der Waals surface area contributed by atoms with Crippen LogP contribution in [0.1, 0.15) is 55.8 Å². The zero-order chi connectivity index (χ0) is 38.6. The first-order chi connectivity index (χ1) is 25.8. The van der Waals surface area contributed by atoms with Crippen molar-refractivity contribution in [3.05, 3.63) is 78.4 Å². The lowest BCUT2D eigenvalue weighted by Gasteiger charge is -2.34. The van der Waals surface area contributed by atoms with E-state index in [4.69, 9.17) is 4.74 Å². The Labute approximate surface area is 310 Å². The third-order valence-corrected chi connectivity index (χ3v) is 9.62. The Kier molecular flexibility index (Phi) is 11.4. The Balaban J connectivity index is 1.17. The summed E-state index contributed by atoms with van der Waals surface area (Å²) in [5.74, 6) is -0.0880. The van der Waals surface area contributed by atoms with Crippen LogP contribution in [0.15, 0.2) is 67.0 Å². The quantitative estimate of drug-likeness (QED) is 0.150. The van der Waals surface area contributed by atoms with Gasteiger partial charge in [-0.05, 0) is 61.1 Å². The molecule has 4 N–H and O–H groups in total. The van der Waals surface area contributed by atoms with E-state index < -0.39 is 30.2 Å². The topological polar surface area (TPSA) is 154 Å². The lowest BCUT2D eigenvalue weighted by molar-refractivity contribution is -0.274. The largest absolute Gasteiger partial charge is 0.573 e. The second-order valence-corrected chi connectivity index (χ2v) is 13.7. The van der Waals surface area contributed by atoms with E-state index in [2.05, 4.69) is 47.5 Å². The highest BCUT2D eigenvalue weighted by Crippen LogP contribution is 2.38. The fourth-order valence-electron chi connectivity index (χ4n) is 6.80. The zero-order valence-electron chi connectivity index (χ0n) is 30.4. The number of hydrogen-bond donors (Lipinski definition) is 4. The van der Waals surface area contributed by atoms with Gasteiger partial charge in [0.15, 0.2) is 0 Å². The summed E-state index contributed by atoms with van der Waals surface area (Å²) in [5.41, 5.74) is 2.35. The van der Waals surface area contributed by atoms with Gasteiger partial charge in [-0.2, -0.15) is 0 Å². The first-order valence-corrected chi connectivity index (χ1v) is 17.8. The fourth-order valence-corrected chi connectivity index (χ4v) is 6.80. The van der Waals surface area contributed by atoms with E-state index in [0.29, 0.717) is 35.6 Å². The van der Waals surface area contributed by atoms with Crippen molar-refractivity contribution in [2.45, 2.75) is 58.1 Å². The van der Waals surface area contributed by atoms with Crippen molar-refractivity contribution < 1.29 is 37.0 Å². The molecule has 0 aliphatic carbocycles. The maximum atomic E-state index is 13.6. The SMILES string of the molecule is COC(=O)NC(C(=O)N1CCC[C@H]1c1ncc(-c2ccc(-c3ccc(NC(=O)c4ccc(N5CCNC[C@@H]5C)nc4)cc3OC(F)(F)F)cc2)[nH]1)C(C)C. The molecule has 3 atom stereocenters. The summed E-state index contributed by atoms with van der Waals surface area (Å²) in [6.45, 7) is 8.70. The smallest absolute Gasteiger partial charge is 0.453 e. The van der Waals surface area contributed by atoms with Crippen molar-refractivity contribution in [2.24, 2.45) is 5.92 Å². The van der Waals surface area contributed by atoms with Gasteiger partial charge >= 0.3 is 12.5 Å². The molecule has 2 fully saturated rings. The number of amides is 3. The highest BCUT2D eigenvalue weighted by Gasteiger charge is 2.37. The number of aromatic nitrogens is 3. The number of imidazole rings is 1. The predicted molar refractivity (Wildman–Crippen MR) is 196 cm³/mol. The van der Waals surface area contributed by atoms with E-state index in [-0.39, 0.29) is 40.7 Å². The van der Waals surface area contributed by atoms with Crippen LogP contribution in [-0.4, -0.2) is 89.5 Å². The standard InChI is InChI=1S/C38H43F3N8O5/c1-22(2)33(47-37(52)53-4)36(51)49-16-5-6-30(49)34-44-21-29(46-34)25-9-7-24(8-10-25)28-13-12-27(18-31(28)54-38(39,40)41)45-35(50)26-11-14-32(43-20-26)48-17-15-42-19-23(48)3/h7-14,18,20-23,30,33,42H,5-6,15-17,19H2,1-4H3,(H,44,46)(H,45,50)(H,47,52)/t23-,30-,33?/m0/s1. The van der Waals surface area contributed by atoms with Gasteiger partial charge in [0, 0.05) is 55.7 Å². The number of methoxy groups -OCH3 is 1. The Morgan fingerprint density at radius 1 is 0.981 bits per heavy atom. The highest BCUT2D eigenvalue weighted by atomic mass is 19.4. The average molecular weight is 749 g/mol. The molecule has 2 aliphatic heterocycles. The number of rotatable bonds is 10. The molecule has 54 heavy (non-hydrogen) atoms. The number of aromatic amines is 1. The molecule has 2 aliphatic rings. The summed E-state index contributed by atoms with van der Waals surface area (Å²) >= 11 is 0. The molecule has 6 rings (SSSR count). The lowest BCUT2D eigenvalue weighted by atomic mass is 10.0. The Morgan fingerprint density at radius 3 is 2.41 bits per heavy atom. The van der Waals surface area contributed by atoms with Gasteiger partial charge < -0.3 is 40.2 Å². The molecular weight excluding hydrogens is 705 g/mol. The Bertz CT molecular complexity index is 1950. The first-order valence-electron chi connectivity index (χ1n) is 17.8. The molecule has 4 heterocycles. The van der Waals surface area contributed by atoms with Gasteiger partial charge in [-0.1, -0.05) is 38.1 Å². The normalized spacial score (nSPS) is 18.0. The van der Waals surface area contributed by atoms with Crippen molar-refractivity contribution in [1.82, 2.24) is 30.5 Å². The van der Waals surface area contributed by atoms with Gasteiger partial charge in [-0.15, -0.1) is 13.2 Å². The van der Waals surface area contributed by atoms with Gasteiger partial charge in [0.25, 0.3) is 5.91 Å². The maximum Gasteiger partial charge on any atom is 0.573 e. The number of benzene rings is 2. The van der Waals surface area contributed by atoms with E-state index in [1.54, 1.807) is 47.5 Å². The number of carbonyl (C=O) groups excluding carboxylic acids is 3. The van der Waals surface area contributed by atoms with Gasteiger partial charge in [0.05, 0.1) is 30.6 Å². The van der Waals surface area contributed by atoms with Crippen LogP contribution in [0.3, 0.4) is 0 Å². The number of piperazine rings is 1. The number of H-pyrrole nitrogens is 1. The zero-order valence-corrected chi connectivity index (χ0v) is 30.4. The molecule has 1 unspecified atom stereocenters. The highest BCUT2D eigenvalue weighted by molar-refractivity contribution is 6.04. The summed E-state index contributed by atoms with van der Waals surface area (Å²) in [6.07, 6.45) is -1.14. The minimum atomic E-state index is -4.98. The molecule has 16 heteroatoms. The Hall–Kier alpha value is -5.64. The van der Waals surface area contributed by atoms with Crippen molar-refractivity contribution in [2.75, 3.05) is 43.5 Å². The van der Waals surface area contributed by atoms with Crippen molar-refractivity contribution in [1.29, 1.82) is 0 Å². The summed E-state index contributed by atoms with van der Waals surface area (Å²) in [7, 11) is 1.24. The molecule has 2 aromatic carbocycles. The first kappa shape index (κ1) is 38.1. The summed E-state index contributed by atoms with van der Waals surface area (Å²) in [5, 5.41) is 8.60. The molecule has 2 saturated heterocycles. The number of alkyl carbamates (subject to hydrolysis) is 1. The van der Waals surface area contributed by atoms with Crippen molar-refractivity contribution in [3.63, 3.8) is 0 Å². The number of hydrogen-bond acceptors (Lipinski definition) is 9. The molecular formula is C38H43F3N8O5. The molecule has 13 nitrogen and oxygen atoms in total. The summed E-state index contributed by atoms with van der Waals surface area (Å²) in [4.78, 5) is 54.6. The van der Waals surface area contributed by atoms with Crippen LogP contribution >= 0.6 is 0 Å². The predicted octanol–water partition coefficient (Wildman–Crippen LogP) is 6.13. The molecule has 4 aromatic rings. The van der Waals surface area contributed by atoms with Crippen molar-refractivity contribution >= 4 is 29.4 Å². The number of halogens is 3. The van der Waals surface area contributed by atoms with Crippen LogP contribution in [0.4, 0.5) is 29.5 Å². The Morgan fingerprint density at radius 2 is 1.74 bits per heavy atom. The van der Waals surface area contributed by atoms with Gasteiger partial charge in [-0.25, -0.2) is 14.8 Å². The van der Waals surface area contributed by atoms with E-state index in [1.165, 1.54) is 25.4 Å². The minimum absolute atomic E-state index is 0.115. The number of carbonyl (C=O) groups is 3. The molecule has 3 amide bonds. The van der Waals surface area contributed by atoms with Crippen molar-refractivity contribution in [3.8, 4) is 28.1 Å². The van der Waals surface area contributed by atoms with Gasteiger partial charge in [-0.3, -0.25) is 9.59 Å². The van der Waals surface area contributed by atoms with Crippen LogP contribution < -0.4 is 25.6 Å². The number of alkyl halides is 3. The molecule has 0 saturated carbocycles. The number of anilines is 2. The fraction of sp³-hybridized carbons (Fsp3) is 0.395. The molecule has 286 valence electrons. The van der Waals surface area contributed by atoms with E-state index >= 15 is 0 Å². The third kappa shape index (κ3) is 8.76. The van der Waals surface area contributed by atoms with E-state index in [1.807, 2.05) is 13.8 Å². The summed E-state index contributed by atoms with van der Waals surface area (Å²) in [6, 6.07) is 13.4. The van der Waals surface area contributed by atoms with Gasteiger partial charge in [0.1, 0.15) is 23.4 Å². The number of likely N-dealkylation sites (tertiary alicyclic amines) is 1. The molecule has 0 radical (unpaired) electrons. The van der Waals surface area contributed by atoms with Crippen LogP contribution in [0.25, 0.3) is 22.4 Å². The number of nitrogens with one attached hydrogen (secondary N) is 4. The monoisotopic (exact) mass is 748 g/mol. The average Bonchev–Trinajstić information content (AvgIpc) is 3.84. The maximum absolute atomic E-state index is 13.6. The number of pyridine rings is 1.